The summed E-state index contributed by atoms with van der Waals surface area (Å²) in [7, 11) is 6.80. The highest BCUT2D eigenvalue weighted by Crippen LogP contribution is 2.40. The van der Waals surface area contributed by atoms with Crippen LogP contribution in [0.5, 0.6) is 0 Å². The van der Waals surface area contributed by atoms with Crippen molar-refractivity contribution in [2.45, 2.75) is 85.7 Å². The summed E-state index contributed by atoms with van der Waals surface area (Å²) in [6, 6.07) is 9.38. The first-order valence-corrected chi connectivity index (χ1v) is 20.3. The molecule has 2 aliphatic rings. The molecule has 0 fully saturated rings. The van der Waals surface area contributed by atoms with Gasteiger partial charge in [0, 0.05) is 76.1 Å². The SMILES string of the molecule is COC(=O)CCc1c(/C=c2/[nH]/c(=C\C3=NC(=C/C(=O)OCc4ccccc4)/CC3(C)C)c(CC(=O)OC)c2CCC(=O)OC)[nH]c(/C=C2\N=C(OC)CC2(C)C)c1CC(=O)OC. The van der Waals surface area contributed by atoms with Crippen LogP contribution in [-0.4, -0.2) is 87.0 Å². The van der Waals surface area contributed by atoms with Crippen LogP contribution in [0, 0.1) is 10.8 Å². The number of aromatic amines is 2. The molecule has 330 valence electrons. The number of aromatic nitrogens is 2. The zero-order valence-electron chi connectivity index (χ0n) is 36.9. The summed E-state index contributed by atoms with van der Waals surface area (Å²) < 4.78 is 31.2. The first-order valence-electron chi connectivity index (χ1n) is 20.3. The fourth-order valence-corrected chi connectivity index (χ4v) is 7.46. The van der Waals surface area contributed by atoms with Crippen molar-refractivity contribution >= 4 is 59.7 Å². The van der Waals surface area contributed by atoms with E-state index >= 15 is 0 Å². The molecule has 0 saturated heterocycles. The van der Waals surface area contributed by atoms with E-state index in [-0.39, 0.29) is 45.1 Å². The summed E-state index contributed by atoms with van der Waals surface area (Å²) in [5.41, 5.74) is 5.44. The van der Waals surface area contributed by atoms with Crippen LogP contribution in [0.4, 0.5) is 0 Å². The third-order valence-electron chi connectivity index (χ3n) is 11.0. The number of hydrogen-bond acceptors (Lipinski definition) is 13. The van der Waals surface area contributed by atoms with Gasteiger partial charge >= 0.3 is 29.8 Å². The molecule has 0 atom stereocenters. The average Bonchev–Trinajstić information content (AvgIpc) is 3.93. The van der Waals surface area contributed by atoms with Crippen LogP contribution in [0.15, 0.2) is 57.8 Å². The number of rotatable bonds is 16. The summed E-state index contributed by atoms with van der Waals surface area (Å²) in [4.78, 5) is 80.6. The number of allylic oxidation sites excluding steroid dienone is 2. The predicted octanol–water partition coefficient (Wildman–Crippen LogP) is 4.91. The molecule has 15 heteroatoms. The first-order chi connectivity index (χ1) is 29.5. The van der Waals surface area contributed by atoms with Crippen LogP contribution < -0.4 is 10.7 Å². The lowest BCUT2D eigenvalue weighted by molar-refractivity contribution is -0.141. The molecule has 0 bridgehead atoms. The van der Waals surface area contributed by atoms with Gasteiger partial charge in [-0.1, -0.05) is 58.0 Å². The quantitative estimate of drug-likeness (QED) is 0.113. The van der Waals surface area contributed by atoms with E-state index in [4.69, 9.17) is 38.4 Å². The number of esters is 5. The highest BCUT2D eigenvalue weighted by atomic mass is 16.5. The molecule has 2 aliphatic heterocycles. The molecule has 0 radical (unpaired) electrons. The van der Waals surface area contributed by atoms with Gasteiger partial charge in [0.2, 0.25) is 0 Å². The number of hydrogen-bond donors (Lipinski definition) is 2. The number of benzene rings is 1. The Kier molecular flexibility index (Phi) is 15.3. The maximum absolute atomic E-state index is 13.1. The van der Waals surface area contributed by atoms with E-state index in [9.17, 15) is 24.0 Å². The lowest BCUT2D eigenvalue weighted by Crippen LogP contribution is -2.23. The van der Waals surface area contributed by atoms with Gasteiger partial charge in [-0.15, -0.1) is 0 Å². The number of methoxy groups -OCH3 is 5. The van der Waals surface area contributed by atoms with E-state index in [1.165, 1.54) is 34.5 Å². The smallest absolute Gasteiger partial charge is 0.332 e. The fourth-order valence-electron chi connectivity index (χ4n) is 7.46. The molecule has 2 N–H and O–H groups in total. The number of carbonyl (C=O) groups is 5. The second-order valence-corrected chi connectivity index (χ2v) is 16.4. The average molecular weight is 853 g/mol. The third-order valence-corrected chi connectivity index (χ3v) is 11.0. The lowest BCUT2D eigenvalue weighted by atomic mass is 9.85. The van der Waals surface area contributed by atoms with Crippen LogP contribution in [-0.2, 0) is 84.7 Å². The summed E-state index contributed by atoms with van der Waals surface area (Å²) in [5.74, 6) is -1.84. The fraction of sp³-hybridized carbons (Fsp3) is 0.426. The molecular formula is C47H56N4O11. The second-order valence-electron chi connectivity index (χ2n) is 16.4. The van der Waals surface area contributed by atoms with Crippen molar-refractivity contribution in [2.75, 3.05) is 35.5 Å². The predicted molar refractivity (Wildman–Crippen MR) is 232 cm³/mol. The van der Waals surface area contributed by atoms with Crippen LogP contribution >= 0.6 is 0 Å². The van der Waals surface area contributed by atoms with Gasteiger partial charge in [-0.25, -0.2) is 9.79 Å². The molecule has 0 saturated carbocycles. The van der Waals surface area contributed by atoms with Gasteiger partial charge in [0.05, 0.1) is 54.1 Å². The molecule has 0 aliphatic carbocycles. The van der Waals surface area contributed by atoms with E-state index in [0.29, 0.717) is 74.5 Å². The number of ether oxygens (including phenoxy) is 6. The minimum absolute atomic E-state index is 0.00694. The topological polar surface area (TPSA) is 197 Å². The van der Waals surface area contributed by atoms with Crippen molar-refractivity contribution in [1.82, 2.24) is 9.97 Å². The van der Waals surface area contributed by atoms with Crippen LogP contribution in [0.2, 0.25) is 0 Å². The van der Waals surface area contributed by atoms with Crippen molar-refractivity contribution in [3.8, 4) is 0 Å². The van der Waals surface area contributed by atoms with Crippen LogP contribution in [0.3, 0.4) is 0 Å². The van der Waals surface area contributed by atoms with Gasteiger partial charge in [-0.2, -0.15) is 0 Å². The zero-order valence-corrected chi connectivity index (χ0v) is 36.9. The maximum Gasteiger partial charge on any atom is 0.332 e. The Bertz CT molecular complexity index is 2450. The van der Waals surface area contributed by atoms with E-state index in [0.717, 1.165) is 11.3 Å². The highest BCUT2D eigenvalue weighted by Gasteiger charge is 2.34. The monoisotopic (exact) mass is 852 g/mol. The van der Waals surface area contributed by atoms with E-state index < -0.39 is 40.7 Å². The Morgan fingerprint density at radius 3 is 1.82 bits per heavy atom. The molecular weight excluding hydrogens is 797 g/mol. The normalized spacial score (nSPS) is 17.2. The number of nitrogens with one attached hydrogen (secondary N) is 2. The number of carbonyl (C=O) groups excluding carboxylic acids is 5. The summed E-state index contributed by atoms with van der Waals surface area (Å²) in [5, 5.41) is 1.08. The standard InChI is InChI=1S/C47H56N4O11/c1-46(2)25-29(19-45(56)62-27-28-13-11-10-12-14-28)48-38(46)23-36-32(20-43(54)60-8)30(15-17-41(52)58-6)34(49-36)22-35-31(16-18-42(53)59-7)33(21-44(55)61-9)37(50-35)24-39-47(3,4)26-40(51-39)57-5/h10-14,19,22-24,49-50H,15-18,20-21,25-27H2,1-9H3/b29-19+,34-22+,36-23-,39-24-. The van der Waals surface area contributed by atoms with Gasteiger partial charge in [-0.3, -0.25) is 24.2 Å². The molecule has 1 aromatic carbocycles. The van der Waals surface area contributed by atoms with Gasteiger partial charge < -0.3 is 38.4 Å². The lowest BCUT2D eigenvalue weighted by Gasteiger charge is -2.17. The van der Waals surface area contributed by atoms with Crippen molar-refractivity contribution in [3.63, 3.8) is 0 Å². The van der Waals surface area contributed by atoms with Crippen LogP contribution in [0.1, 0.15) is 92.6 Å². The molecule has 15 nitrogen and oxygen atoms in total. The molecule has 3 aromatic rings. The minimum Gasteiger partial charge on any atom is -0.484 e. The third kappa shape index (κ3) is 11.6. The summed E-state index contributed by atoms with van der Waals surface area (Å²) >= 11 is 0. The maximum atomic E-state index is 13.1. The van der Waals surface area contributed by atoms with Crippen molar-refractivity contribution in [3.05, 3.63) is 97.7 Å². The second kappa shape index (κ2) is 20.4. The minimum atomic E-state index is -0.528. The number of nitrogens with zero attached hydrogens (tertiary/aromatic N) is 2. The van der Waals surface area contributed by atoms with Crippen molar-refractivity contribution in [2.24, 2.45) is 20.8 Å². The Morgan fingerprint density at radius 1 is 0.645 bits per heavy atom. The molecule has 2 aromatic heterocycles. The first kappa shape index (κ1) is 46.6. The van der Waals surface area contributed by atoms with Gasteiger partial charge in [-0.05, 0) is 58.9 Å². The Hall–Kier alpha value is -6.51. The molecule has 0 spiro atoms. The highest BCUT2D eigenvalue weighted by molar-refractivity contribution is 6.15. The van der Waals surface area contributed by atoms with E-state index in [2.05, 4.69) is 9.97 Å². The number of H-pyrrole nitrogens is 2. The largest absolute Gasteiger partial charge is 0.484 e. The molecule has 5 rings (SSSR count). The van der Waals surface area contributed by atoms with Crippen LogP contribution in [0.25, 0.3) is 18.2 Å². The summed E-state index contributed by atoms with van der Waals surface area (Å²) in [6.45, 7) is 8.22. The zero-order chi connectivity index (χ0) is 45.2. The van der Waals surface area contributed by atoms with Crippen molar-refractivity contribution < 1.29 is 52.4 Å². The molecule has 4 heterocycles. The molecule has 62 heavy (non-hydrogen) atoms. The summed E-state index contributed by atoms with van der Waals surface area (Å²) in [6.07, 6.45) is 8.07. The van der Waals surface area contributed by atoms with E-state index in [1.807, 2.05) is 76.3 Å². The Morgan fingerprint density at radius 2 is 1.23 bits per heavy atom. The van der Waals surface area contributed by atoms with Crippen molar-refractivity contribution in [1.29, 1.82) is 0 Å². The Balaban J connectivity index is 1.74. The van der Waals surface area contributed by atoms with E-state index in [1.54, 1.807) is 7.11 Å². The number of aliphatic imine (C=N–C) groups is 2. The molecule has 0 amide bonds. The molecule has 0 unspecified atom stereocenters. The Labute approximate surface area is 361 Å². The van der Waals surface area contributed by atoms with Gasteiger partial charge in [0.25, 0.3) is 0 Å². The van der Waals surface area contributed by atoms with Gasteiger partial charge in [0.1, 0.15) is 6.61 Å². The van der Waals surface area contributed by atoms with Gasteiger partial charge in [0.15, 0.2) is 5.90 Å².